The molecule has 206 valence electrons. The Kier molecular flexibility index (Phi) is 16.1. The van der Waals surface area contributed by atoms with Crippen LogP contribution in [0.2, 0.25) is 0 Å². The summed E-state index contributed by atoms with van der Waals surface area (Å²) in [5, 5.41) is 25.5. The molecular formula is C20H38N8O8. The number of carboxylic acid groups (broad SMARTS) is 1. The molecule has 0 aliphatic rings. The Bertz CT molecular complexity index is 775. The van der Waals surface area contributed by atoms with Crippen molar-refractivity contribution >= 4 is 35.6 Å². The number of aliphatic hydroxyl groups excluding tert-OH is 1. The molecule has 16 heteroatoms. The molecule has 4 atom stereocenters. The van der Waals surface area contributed by atoms with Crippen LogP contribution in [0.4, 0.5) is 0 Å². The second kappa shape index (κ2) is 17.9. The number of carbonyl (C=O) groups is 5. The van der Waals surface area contributed by atoms with Gasteiger partial charge < -0.3 is 53.8 Å². The minimum Gasteiger partial charge on any atom is -0.481 e. The van der Waals surface area contributed by atoms with Gasteiger partial charge in [0.25, 0.3) is 0 Å². The van der Waals surface area contributed by atoms with Crippen molar-refractivity contribution in [1.82, 2.24) is 16.0 Å². The molecule has 0 aromatic carbocycles. The molecule has 0 radical (unpaired) electrons. The quantitative estimate of drug-likeness (QED) is 0.0359. The van der Waals surface area contributed by atoms with Gasteiger partial charge in [-0.3, -0.25) is 24.2 Å². The minimum absolute atomic E-state index is 0.112. The maximum atomic E-state index is 12.8. The number of aliphatic hydroxyl groups is 1. The Hall–Kier alpha value is -3.50. The van der Waals surface area contributed by atoms with E-state index in [1.165, 1.54) is 0 Å². The lowest BCUT2D eigenvalue weighted by Gasteiger charge is -2.24. The number of aliphatic imine (C=N–C) groups is 1. The first-order valence-electron chi connectivity index (χ1n) is 11.3. The second-order valence-electron chi connectivity index (χ2n) is 7.83. The molecule has 0 aliphatic carbocycles. The van der Waals surface area contributed by atoms with Gasteiger partial charge in [-0.25, -0.2) is 4.79 Å². The van der Waals surface area contributed by atoms with Crippen LogP contribution in [-0.4, -0.2) is 96.8 Å². The lowest BCUT2D eigenvalue weighted by Crippen LogP contribution is -2.58. The molecule has 0 unspecified atom stereocenters. The highest BCUT2D eigenvalue weighted by atomic mass is 16.5. The lowest BCUT2D eigenvalue weighted by atomic mass is 10.1. The number of nitrogens with two attached hydrogens (primary N) is 4. The fourth-order valence-corrected chi connectivity index (χ4v) is 2.95. The summed E-state index contributed by atoms with van der Waals surface area (Å²) in [6.07, 6.45) is 0.859. The van der Waals surface area contributed by atoms with E-state index in [1.54, 1.807) is 0 Å². The van der Waals surface area contributed by atoms with Crippen molar-refractivity contribution in [1.29, 1.82) is 0 Å². The lowest BCUT2D eigenvalue weighted by molar-refractivity contribution is -0.145. The number of rotatable bonds is 18. The molecule has 0 aromatic rings. The number of methoxy groups -OCH3 is 1. The molecule has 0 heterocycles. The maximum absolute atomic E-state index is 12.8. The number of nitrogens with one attached hydrogen (secondary N) is 3. The topological polar surface area (TPSA) is 288 Å². The monoisotopic (exact) mass is 518 g/mol. The molecule has 36 heavy (non-hydrogen) atoms. The van der Waals surface area contributed by atoms with Crippen molar-refractivity contribution in [2.24, 2.45) is 27.9 Å². The molecule has 0 fully saturated rings. The van der Waals surface area contributed by atoms with Crippen LogP contribution in [0.5, 0.6) is 0 Å². The molecule has 0 saturated heterocycles. The van der Waals surface area contributed by atoms with Crippen molar-refractivity contribution in [3.63, 3.8) is 0 Å². The first-order valence-corrected chi connectivity index (χ1v) is 11.3. The number of carboxylic acids is 1. The molecular weight excluding hydrogens is 480 g/mol. The van der Waals surface area contributed by atoms with E-state index >= 15 is 0 Å². The summed E-state index contributed by atoms with van der Waals surface area (Å²) in [6.45, 7) is -0.290. The van der Waals surface area contributed by atoms with Crippen LogP contribution in [0.15, 0.2) is 4.99 Å². The molecule has 0 bridgehead atoms. The Labute approximate surface area is 208 Å². The summed E-state index contributed by atoms with van der Waals surface area (Å²) in [6, 6.07) is -5.15. The van der Waals surface area contributed by atoms with E-state index < -0.39 is 66.9 Å². The third-order valence-electron chi connectivity index (χ3n) is 4.87. The van der Waals surface area contributed by atoms with E-state index in [0.29, 0.717) is 25.8 Å². The Balaban J connectivity index is 5.31. The molecule has 0 aromatic heterocycles. The van der Waals surface area contributed by atoms with E-state index in [2.05, 4.69) is 25.7 Å². The van der Waals surface area contributed by atoms with Crippen LogP contribution in [-0.2, 0) is 28.7 Å². The van der Waals surface area contributed by atoms with Gasteiger partial charge in [-0.15, -0.1) is 0 Å². The van der Waals surface area contributed by atoms with Crippen LogP contribution in [0, 0.1) is 0 Å². The van der Waals surface area contributed by atoms with Crippen LogP contribution in [0.3, 0.4) is 0 Å². The smallest absolute Gasteiger partial charge is 0.328 e. The van der Waals surface area contributed by atoms with Crippen molar-refractivity contribution < 1.29 is 38.9 Å². The van der Waals surface area contributed by atoms with Gasteiger partial charge in [0.15, 0.2) is 5.96 Å². The second-order valence-corrected chi connectivity index (χ2v) is 7.83. The van der Waals surface area contributed by atoms with Gasteiger partial charge in [-0.1, -0.05) is 0 Å². The maximum Gasteiger partial charge on any atom is 0.328 e. The number of carbonyl (C=O) groups excluding carboxylic acids is 4. The fraction of sp³-hybridized carbons (Fsp3) is 0.700. The highest BCUT2D eigenvalue weighted by Gasteiger charge is 2.30. The number of amides is 3. The van der Waals surface area contributed by atoms with Crippen molar-refractivity contribution in [2.75, 3.05) is 26.8 Å². The average Bonchev–Trinajstić information content (AvgIpc) is 2.82. The standard InChI is InChI=1S/C20H38N8O8/c1-36-19(35)13(6-4-8-25-20(23)24)27-18(34)14(10-29)28-17(33)12(5-2-3-7-21)26-16(32)11(22)9-15(30)31/h11-14,29H,2-10,21-22H2,1H3,(H,26,32)(H,27,34)(H,28,33)(H,30,31)(H4,23,24,25)/t11-,12-,13-,14-/m0/s1. The van der Waals surface area contributed by atoms with Gasteiger partial charge in [0.1, 0.15) is 18.1 Å². The van der Waals surface area contributed by atoms with E-state index in [9.17, 15) is 29.1 Å². The molecule has 0 spiro atoms. The SMILES string of the molecule is COC(=O)[C@H](CCCN=C(N)N)NC(=O)[C@H](CO)NC(=O)[C@H](CCCCN)NC(=O)[C@@H](N)CC(=O)O. The average molecular weight is 519 g/mol. The predicted octanol–water partition coefficient (Wildman–Crippen LogP) is -4.41. The van der Waals surface area contributed by atoms with Gasteiger partial charge in [0.05, 0.1) is 26.2 Å². The number of ether oxygens (including phenoxy) is 1. The Morgan fingerprint density at radius 3 is 1.97 bits per heavy atom. The minimum atomic E-state index is -1.47. The van der Waals surface area contributed by atoms with Gasteiger partial charge in [0.2, 0.25) is 17.7 Å². The molecule has 0 saturated carbocycles. The molecule has 0 aliphatic heterocycles. The van der Waals surface area contributed by atoms with Gasteiger partial charge >= 0.3 is 11.9 Å². The van der Waals surface area contributed by atoms with Crippen LogP contribution in [0.1, 0.15) is 38.5 Å². The highest BCUT2D eigenvalue weighted by Crippen LogP contribution is 2.05. The molecule has 0 rings (SSSR count). The number of aliphatic carboxylic acids is 1. The zero-order valence-electron chi connectivity index (χ0n) is 20.3. The van der Waals surface area contributed by atoms with Crippen molar-refractivity contribution in [3.05, 3.63) is 0 Å². The normalized spacial score (nSPS) is 13.9. The first kappa shape index (κ1) is 32.5. The third kappa shape index (κ3) is 13.4. The van der Waals surface area contributed by atoms with Gasteiger partial charge in [-0.05, 0) is 38.6 Å². The van der Waals surface area contributed by atoms with Gasteiger partial charge in [-0.2, -0.15) is 0 Å². The number of unbranched alkanes of at least 4 members (excludes halogenated alkanes) is 1. The molecule has 3 amide bonds. The van der Waals surface area contributed by atoms with Crippen LogP contribution in [0.25, 0.3) is 0 Å². The number of esters is 1. The van der Waals surface area contributed by atoms with E-state index in [0.717, 1.165) is 7.11 Å². The van der Waals surface area contributed by atoms with E-state index in [4.69, 9.17) is 28.0 Å². The number of hydrogen-bond acceptors (Lipinski definition) is 10. The Morgan fingerprint density at radius 1 is 0.889 bits per heavy atom. The largest absolute Gasteiger partial charge is 0.481 e. The first-order chi connectivity index (χ1) is 17.0. The molecule has 13 N–H and O–H groups in total. The van der Waals surface area contributed by atoms with Crippen LogP contribution >= 0.6 is 0 Å². The molecule has 16 nitrogen and oxygen atoms in total. The number of hydrogen-bond donors (Lipinski definition) is 9. The zero-order chi connectivity index (χ0) is 27.7. The third-order valence-corrected chi connectivity index (χ3v) is 4.87. The van der Waals surface area contributed by atoms with Gasteiger partial charge in [0, 0.05) is 6.54 Å². The van der Waals surface area contributed by atoms with E-state index in [1.807, 2.05) is 0 Å². The van der Waals surface area contributed by atoms with E-state index in [-0.39, 0.29) is 25.3 Å². The summed E-state index contributed by atoms with van der Waals surface area (Å²) in [4.78, 5) is 64.3. The summed E-state index contributed by atoms with van der Waals surface area (Å²) in [5.41, 5.74) is 21.5. The predicted molar refractivity (Wildman–Crippen MR) is 128 cm³/mol. The Morgan fingerprint density at radius 2 is 1.44 bits per heavy atom. The fourth-order valence-electron chi connectivity index (χ4n) is 2.95. The summed E-state index contributed by atoms with van der Waals surface area (Å²) >= 11 is 0. The number of guanidine groups is 1. The van der Waals surface area contributed by atoms with Crippen molar-refractivity contribution in [2.45, 2.75) is 62.7 Å². The summed E-state index contributed by atoms with van der Waals surface area (Å²) < 4.78 is 4.67. The highest BCUT2D eigenvalue weighted by molar-refractivity contribution is 5.94. The van der Waals surface area contributed by atoms with Crippen molar-refractivity contribution in [3.8, 4) is 0 Å². The summed E-state index contributed by atoms with van der Waals surface area (Å²) in [7, 11) is 1.13. The van der Waals surface area contributed by atoms with Crippen LogP contribution < -0.4 is 38.9 Å². The number of nitrogens with zero attached hydrogens (tertiary/aromatic N) is 1. The zero-order valence-corrected chi connectivity index (χ0v) is 20.3. The summed E-state index contributed by atoms with van der Waals surface area (Å²) in [5.74, 6) is -4.75.